The average molecular weight is 862 g/mol. The second-order valence-electron chi connectivity index (χ2n) is 18.9. The maximum atomic E-state index is 12.6. The van der Waals surface area contributed by atoms with Gasteiger partial charge in [0.15, 0.2) is 0 Å². The molecule has 0 saturated carbocycles. The fourth-order valence-electron chi connectivity index (χ4n) is 8.60. The molecular weight excluding hydrogens is 755 g/mol. The normalized spacial score (nSPS) is 14.0. The zero-order valence-corrected chi connectivity index (χ0v) is 40.9. The Morgan fingerprint density at radius 3 is 1.03 bits per heavy atom. The van der Waals surface area contributed by atoms with E-state index in [1.807, 2.05) is 0 Å². The number of amides is 1. The third kappa shape index (κ3) is 43.8. The van der Waals surface area contributed by atoms with E-state index in [-0.39, 0.29) is 0 Å². The summed E-state index contributed by atoms with van der Waals surface area (Å²) in [5.74, 6) is -0.592. The summed E-state index contributed by atoms with van der Waals surface area (Å²) in [5, 5.41) is 43.9. The van der Waals surface area contributed by atoms with Crippen LogP contribution in [0.1, 0.15) is 290 Å². The molecule has 0 heterocycles. The number of rotatable bonds is 50. The van der Waals surface area contributed by atoms with Crippen LogP contribution in [0.2, 0.25) is 0 Å². The highest BCUT2D eigenvalue weighted by Crippen LogP contribution is 2.18. The molecule has 5 N–H and O–H groups in total. The average Bonchev–Trinajstić information content (AvgIpc) is 3.26. The SMILES string of the molecule is CCCCCCCCCCC/C=C/CC/C=C/CCCC(O)C(O)C(CO)NC(=O)C(O)CCCCCCCCCCCCCCCCCCCCCCCCCCCCC. The number of hydrogen-bond acceptors (Lipinski definition) is 5. The summed E-state index contributed by atoms with van der Waals surface area (Å²) in [6.07, 6.45) is 59.6. The highest BCUT2D eigenvalue weighted by molar-refractivity contribution is 5.80. The van der Waals surface area contributed by atoms with Crippen LogP contribution in [0, 0.1) is 0 Å². The van der Waals surface area contributed by atoms with Gasteiger partial charge in [-0.1, -0.05) is 263 Å². The van der Waals surface area contributed by atoms with Crippen LogP contribution in [0.15, 0.2) is 24.3 Å². The monoisotopic (exact) mass is 862 g/mol. The first kappa shape index (κ1) is 59.8. The summed E-state index contributed by atoms with van der Waals surface area (Å²) in [4.78, 5) is 12.6. The van der Waals surface area contributed by atoms with Gasteiger partial charge < -0.3 is 25.7 Å². The Morgan fingerprint density at radius 2 is 0.689 bits per heavy atom. The van der Waals surface area contributed by atoms with Crippen molar-refractivity contribution in [2.45, 2.75) is 314 Å². The molecule has 0 saturated heterocycles. The molecule has 0 aliphatic heterocycles. The topological polar surface area (TPSA) is 110 Å². The van der Waals surface area contributed by atoms with E-state index in [0.717, 1.165) is 38.5 Å². The van der Waals surface area contributed by atoms with Gasteiger partial charge in [-0.2, -0.15) is 0 Å². The molecule has 0 aromatic carbocycles. The number of nitrogens with one attached hydrogen (secondary N) is 1. The summed E-state index contributed by atoms with van der Waals surface area (Å²) >= 11 is 0. The Labute approximate surface area is 380 Å². The molecule has 6 nitrogen and oxygen atoms in total. The van der Waals surface area contributed by atoms with E-state index < -0.39 is 36.9 Å². The Kier molecular flexibility index (Phi) is 48.8. The highest BCUT2D eigenvalue weighted by atomic mass is 16.3. The standard InChI is InChI=1S/C55H107NO5/c1-3-5-7-9-11-13-15-17-19-21-23-24-25-26-27-28-29-30-31-33-35-37-39-41-43-45-47-49-53(59)55(61)56-51(50-57)54(60)52(58)48-46-44-42-40-38-36-34-32-22-20-18-16-14-12-10-8-6-4-2/h32,34,40,42,51-54,57-60H,3-31,33,35-39,41,43-50H2,1-2H3,(H,56,61)/b34-32+,42-40+. The number of hydrogen-bond donors (Lipinski definition) is 5. The first-order chi connectivity index (χ1) is 30.0. The molecule has 0 rings (SSSR count). The molecule has 4 atom stereocenters. The number of aliphatic hydroxyl groups is 4. The number of carbonyl (C=O) groups is 1. The zero-order valence-electron chi connectivity index (χ0n) is 40.9. The third-order valence-corrected chi connectivity index (χ3v) is 12.9. The molecule has 0 bridgehead atoms. The Balaban J connectivity index is 3.64. The molecule has 0 fully saturated rings. The van der Waals surface area contributed by atoms with Crippen LogP contribution in [0.5, 0.6) is 0 Å². The molecule has 61 heavy (non-hydrogen) atoms. The summed E-state index contributed by atoms with van der Waals surface area (Å²) < 4.78 is 0. The van der Waals surface area contributed by atoms with Gasteiger partial charge >= 0.3 is 0 Å². The van der Waals surface area contributed by atoms with E-state index in [2.05, 4.69) is 43.5 Å². The third-order valence-electron chi connectivity index (χ3n) is 12.9. The number of unbranched alkanes of at least 4 members (excludes halogenated alkanes) is 37. The molecular formula is C55H107NO5. The van der Waals surface area contributed by atoms with Crippen molar-refractivity contribution in [1.29, 1.82) is 0 Å². The Morgan fingerprint density at radius 1 is 0.393 bits per heavy atom. The van der Waals surface area contributed by atoms with Crippen molar-refractivity contribution < 1.29 is 25.2 Å². The van der Waals surface area contributed by atoms with Crippen molar-refractivity contribution in [2.75, 3.05) is 6.61 Å². The van der Waals surface area contributed by atoms with Crippen molar-refractivity contribution in [3.05, 3.63) is 24.3 Å². The number of allylic oxidation sites excluding steroid dienone is 4. The lowest BCUT2D eigenvalue weighted by molar-refractivity contribution is -0.132. The van der Waals surface area contributed by atoms with Gasteiger partial charge in [0.1, 0.15) is 12.2 Å². The summed E-state index contributed by atoms with van der Waals surface area (Å²) in [6.45, 7) is 4.06. The fraction of sp³-hybridized carbons (Fsp3) is 0.909. The maximum absolute atomic E-state index is 12.6. The van der Waals surface area contributed by atoms with Gasteiger partial charge in [0.2, 0.25) is 5.91 Å². The molecule has 0 aromatic heterocycles. The van der Waals surface area contributed by atoms with E-state index in [1.165, 1.54) is 218 Å². The molecule has 0 aliphatic rings. The van der Waals surface area contributed by atoms with Crippen molar-refractivity contribution in [3.63, 3.8) is 0 Å². The Bertz CT molecular complexity index is 924. The van der Waals surface area contributed by atoms with Crippen LogP contribution in [-0.4, -0.2) is 57.3 Å². The fourth-order valence-corrected chi connectivity index (χ4v) is 8.60. The van der Waals surface area contributed by atoms with Gasteiger partial charge in [0.25, 0.3) is 0 Å². The van der Waals surface area contributed by atoms with E-state index >= 15 is 0 Å². The predicted octanol–water partition coefficient (Wildman–Crippen LogP) is 15.5. The lowest BCUT2D eigenvalue weighted by Crippen LogP contribution is -2.53. The number of aliphatic hydroxyl groups excluding tert-OH is 4. The first-order valence-corrected chi connectivity index (χ1v) is 27.2. The van der Waals surface area contributed by atoms with Gasteiger partial charge in [0, 0.05) is 0 Å². The van der Waals surface area contributed by atoms with Gasteiger partial charge in [-0.15, -0.1) is 0 Å². The van der Waals surface area contributed by atoms with E-state index in [9.17, 15) is 25.2 Å². The minimum absolute atomic E-state index is 0.365. The quantitative estimate of drug-likeness (QED) is 0.0309. The highest BCUT2D eigenvalue weighted by Gasteiger charge is 2.28. The van der Waals surface area contributed by atoms with E-state index in [0.29, 0.717) is 19.3 Å². The molecule has 362 valence electrons. The molecule has 1 amide bonds. The minimum atomic E-state index is -1.29. The van der Waals surface area contributed by atoms with Gasteiger partial charge in [0.05, 0.1) is 18.8 Å². The molecule has 0 aromatic rings. The summed E-state index contributed by atoms with van der Waals surface area (Å²) in [7, 11) is 0. The smallest absolute Gasteiger partial charge is 0.249 e. The van der Waals surface area contributed by atoms with Gasteiger partial charge in [-0.05, 0) is 51.4 Å². The molecule has 0 aliphatic carbocycles. The van der Waals surface area contributed by atoms with Crippen LogP contribution < -0.4 is 5.32 Å². The lowest BCUT2D eigenvalue weighted by atomic mass is 10.00. The van der Waals surface area contributed by atoms with Crippen LogP contribution in [0.3, 0.4) is 0 Å². The van der Waals surface area contributed by atoms with Crippen molar-refractivity contribution in [3.8, 4) is 0 Å². The lowest BCUT2D eigenvalue weighted by Gasteiger charge is -2.27. The summed E-state index contributed by atoms with van der Waals surface area (Å²) in [5.41, 5.74) is 0. The van der Waals surface area contributed by atoms with Crippen LogP contribution >= 0.6 is 0 Å². The van der Waals surface area contributed by atoms with Crippen LogP contribution in [0.4, 0.5) is 0 Å². The van der Waals surface area contributed by atoms with Gasteiger partial charge in [-0.3, -0.25) is 4.79 Å². The van der Waals surface area contributed by atoms with Gasteiger partial charge in [-0.25, -0.2) is 0 Å². The largest absolute Gasteiger partial charge is 0.394 e. The maximum Gasteiger partial charge on any atom is 0.249 e. The second-order valence-corrected chi connectivity index (χ2v) is 18.9. The molecule has 4 unspecified atom stereocenters. The molecule has 0 spiro atoms. The second kappa shape index (κ2) is 49.8. The first-order valence-electron chi connectivity index (χ1n) is 27.2. The number of carbonyl (C=O) groups excluding carboxylic acids is 1. The van der Waals surface area contributed by atoms with E-state index in [4.69, 9.17) is 0 Å². The van der Waals surface area contributed by atoms with Crippen LogP contribution in [-0.2, 0) is 4.79 Å². The zero-order chi connectivity index (χ0) is 44.5. The minimum Gasteiger partial charge on any atom is -0.394 e. The van der Waals surface area contributed by atoms with Crippen molar-refractivity contribution in [2.24, 2.45) is 0 Å². The molecule has 0 radical (unpaired) electrons. The van der Waals surface area contributed by atoms with Crippen molar-refractivity contribution >= 4 is 5.91 Å². The van der Waals surface area contributed by atoms with E-state index in [1.54, 1.807) is 0 Å². The predicted molar refractivity (Wildman–Crippen MR) is 265 cm³/mol. The Hall–Kier alpha value is -1.21. The summed E-state index contributed by atoms with van der Waals surface area (Å²) in [6, 6.07) is -1.01. The van der Waals surface area contributed by atoms with Crippen molar-refractivity contribution in [1.82, 2.24) is 5.32 Å². The van der Waals surface area contributed by atoms with Crippen LogP contribution in [0.25, 0.3) is 0 Å². The molecule has 6 heteroatoms.